The number of para-hydroxylation sites is 3. The van der Waals surface area contributed by atoms with Crippen LogP contribution in [0.4, 0.5) is 22.7 Å². The standard InChI is InChI=1S/C19H19NO5.3C19H19NO3/c1-12-14(11-21)9-13(10-17(12)25-2)7-8-18(22)20-16-6-4-3-5-15(16)19(23)24;1-12-4-8-17(16(10-12)19(22)23)20-18(21)9-7-15-6-5-13(2)14(3)11-15;1-12-8-9-15(10-13(12)2)14(3)11-18(21)20-17-7-5-4-6-16(17)19(22)23;1-12-8-9-15(10-13(12)2)11-14(3)18(21)20-17-7-5-4-6-16(17)19(22)23/h3-10,21H,11H2,1-2H3,(H,20,22)(H,23,24);3*4-11H,1-3H3,(H,20,21)(H,22,23)/b8-7+;9-7+;2*14-11+. The molecular formula is C76H76N4O14. The second-order valence-corrected chi connectivity index (χ2v) is 21.8. The molecule has 484 valence electrons. The van der Waals surface area contributed by atoms with Gasteiger partial charge in [-0.15, -0.1) is 0 Å². The molecule has 0 aliphatic rings. The first-order chi connectivity index (χ1) is 44.6. The Balaban J connectivity index is 0.000000227. The lowest BCUT2D eigenvalue weighted by atomic mass is 10.0. The van der Waals surface area contributed by atoms with E-state index in [2.05, 4.69) is 21.3 Å². The van der Waals surface area contributed by atoms with E-state index in [1.54, 1.807) is 105 Å². The first-order valence-corrected chi connectivity index (χ1v) is 29.4. The monoisotopic (exact) mass is 1270 g/mol. The number of ether oxygens (including phenoxy) is 1. The molecule has 0 bridgehead atoms. The topological polar surface area (TPSA) is 295 Å². The van der Waals surface area contributed by atoms with Gasteiger partial charge in [-0.1, -0.05) is 103 Å². The molecular weight excluding hydrogens is 1190 g/mol. The molecule has 0 fully saturated rings. The number of carboxylic acids is 4. The third kappa shape index (κ3) is 22.0. The Bertz CT molecular complexity index is 4260. The Morgan fingerprint density at radius 3 is 1.32 bits per heavy atom. The van der Waals surface area contributed by atoms with Crippen LogP contribution in [-0.4, -0.2) is 80.1 Å². The van der Waals surface area contributed by atoms with Gasteiger partial charge in [-0.25, -0.2) is 19.2 Å². The first-order valence-electron chi connectivity index (χ1n) is 29.4. The summed E-state index contributed by atoms with van der Waals surface area (Å²) >= 11 is 0. The van der Waals surface area contributed by atoms with Crippen molar-refractivity contribution >= 4 is 94.1 Å². The van der Waals surface area contributed by atoms with Crippen LogP contribution in [0.15, 0.2) is 182 Å². The van der Waals surface area contributed by atoms with E-state index >= 15 is 0 Å². The Hall–Kier alpha value is -11.8. The minimum absolute atomic E-state index is 0.0174. The number of aryl methyl sites for hydroxylation is 7. The van der Waals surface area contributed by atoms with E-state index in [1.165, 1.54) is 72.4 Å². The van der Waals surface area contributed by atoms with Gasteiger partial charge in [0.25, 0.3) is 5.91 Å². The number of rotatable bonds is 18. The van der Waals surface area contributed by atoms with Crippen molar-refractivity contribution in [2.24, 2.45) is 0 Å². The highest BCUT2D eigenvalue weighted by atomic mass is 16.5. The van der Waals surface area contributed by atoms with Gasteiger partial charge in [0, 0.05) is 23.8 Å². The maximum absolute atomic E-state index is 12.3. The Morgan fingerprint density at radius 2 is 0.851 bits per heavy atom. The predicted molar refractivity (Wildman–Crippen MR) is 370 cm³/mol. The number of benzene rings is 8. The number of anilines is 4. The predicted octanol–water partition coefficient (Wildman–Crippen LogP) is 14.9. The van der Waals surface area contributed by atoms with E-state index in [9.17, 15) is 48.6 Å². The van der Waals surface area contributed by atoms with Gasteiger partial charge in [0.2, 0.25) is 17.7 Å². The van der Waals surface area contributed by atoms with Crippen molar-refractivity contribution < 1.29 is 68.6 Å². The Kier molecular flexibility index (Phi) is 27.2. The average Bonchev–Trinajstić information content (AvgIpc) is 0.968. The molecule has 8 rings (SSSR count). The maximum Gasteiger partial charge on any atom is 0.337 e. The minimum Gasteiger partial charge on any atom is -0.496 e. The fraction of sp³-hybridized carbons (Fsp3) is 0.158. The van der Waals surface area contributed by atoms with E-state index in [4.69, 9.17) is 20.1 Å². The van der Waals surface area contributed by atoms with E-state index in [1.807, 2.05) is 110 Å². The summed E-state index contributed by atoms with van der Waals surface area (Å²) in [6.07, 6.45) is 9.23. The molecule has 9 N–H and O–H groups in total. The number of hydrogen-bond donors (Lipinski definition) is 9. The van der Waals surface area contributed by atoms with E-state index < -0.39 is 29.8 Å². The van der Waals surface area contributed by atoms with Crippen molar-refractivity contribution in [2.45, 2.75) is 75.8 Å². The summed E-state index contributed by atoms with van der Waals surface area (Å²) in [5, 5.41) is 56.4. The van der Waals surface area contributed by atoms with Crippen LogP contribution in [0, 0.1) is 55.4 Å². The van der Waals surface area contributed by atoms with Crippen LogP contribution >= 0.6 is 0 Å². The Labute approximate surface area is 546 Å². The molecule has 0 unspecified atom stereocenters. The van der Waals surface area contributed by atoms with Gasteiger partial charge in [0.15, 0.2) is 0 Å². The van der Waals surface area contributed by atoms with Crippen LogP contribution in [0.2, 0.25) is 0 Å². The van der Waals surface area contributed by atoms with Crippen molar-refractivity contribution in [3.63, 3.8) is 0 Å². The molecule has 0 radical (unpaired) electrons. The smallest absolute Gasteiger partial charge is 0.337 e. The molecule has 4 amide bonds. The van der Waals surface area contributed by atoms with Gasteiger partial charge in [-0.2, -0.15) is 0 Å². The molecule has 18 heteroatoms. The van der Waals surface area contributed by atoms with Crippen LogP contribution < -0.4 is 26.0 Å². The van der Waals surface area contributed by atoms with Crippen molar-refractivity contribution in [2.75, 3.05) is 28.4 Å². The molecule has 0 aromatic heterocycles. The molecule has 0 atom stereocenters. The van der Waals surface area contributed by atoms with Crippen LogP contribution in [0.3, 0.4) is 0 Å². The SMILES string of the molecule is C/C(=C\C(=O)Nc1ccccc1C(=O)O)c1ccc(C)c(C)c1.C/C(=C\c1ccc(C)c(C)c1)C(=O)Nc1ccccc1C(=O)O.COc1cc(/C=C/C(=O)Nc2ccccc2C(=O)O)cc(CO)c1C.Cc1ccc(NC(=O)/C=C/c2ccc(C)c(C)c2)c(C(=O)O)c1. The van der Waals surface area contributed by atoms with Crippen LogP contribution in [0.25, 0.3) is 23.8 Å². The van der Waals surface area contributed by atoms with E-state index in [0.29, 0.717) is 22.4 Å². The number of aliphatic hydroxyl groups is 1. The molecule has 94 heavy (non-hydrogen) atoms. The minimum atomic E-state index is -1.12. The number of amides is 4. The van der Waals surface area contributed by atoms with Crippen molar-refractivity contribution in [1.29, 1.82) is 0 Å². The van der Waals surface area contributed by atoms with Crippen LogP contribution in [-0.2, 0) is 25.8 Å². The van der Waals surface area contributed by atoms with Crippen molar-refractivity contribution in [3.8, 4) is 5.75 Å². The largest absolute Gasteiger partial charge is 0.496 e. The second-order valence-electron chi connectivity index (χ2n) is 21.8. The second kappa shape index (κ2) is 35.0. The quantitative estimate of drug-likeness (QED) is 0.0361. The third-order valence-electron chi connectivity index (χ3n) is 14.7. The van der Waals surface area contributed by atoms with Gasteiger partial charge in [-0.05, 0) is 220 Å². The molecule has 0 heterocycles. The number of aromatic carboxylic acids is 4. The van der Waals surface area contributed by atoms with Crippen molar-refractivity contribution in [1.82, 2.24) is 0 Å². The number of allylic oxidation sites excluding steroid dienone is 1. The molecule has 0 aliphatic carbocycles. The number of aliphatic hydroxyl groups excluding tert-OH is 1. The highest BCUT2D eigenvalue weighted by molar-refractivity contribution is 6.10. The summed E-state index contributed by atoms with van der Waals surface area (Å²) in [7, 11) is 1.53. The van der Waals surface area contributed by atoms with Gasteiger partial charge in [0.05, 0.1) is 58.7 Å². The summed E-state index contributed by atoms with van der Waals surface area (Å²) in [4.78, 5) is 93.2. The zero-order valence-electron chi connectivity index (χ0n) is 54.1. The normalized spacial score (nSPS) is 10.9. The lowest BCUT2D eigenvalue weighted by Gasteiger charge is -2.10. The van der Waals surface area contributed by atoms with Gasteiger partial charge in [0.1, 0.15) is 5.75 Å². The molecule has 0 aliphatic heterocycles. The number of carbonyl (C=O) groups excluding carboxylic acids is 4. The van der Waals surface area contributed by atoms with E-state index in [0.717, 1.165) is 50.1 Å². The summed E-state index contributed by atoms with van der Waals surface area (Å²) in [5.41, 5.74) is 15.6. The molecule has 0 saturated carbocycles. The molecule has 8 aromatic carbocycles. The number of methoxy groups -OCH3 is 1. The highest BCUT2D eigenvalue weighted by Crippen LogP contribution is 2.26. The lowest BCUT2D eigenvalue weighted by molar-refractivity contribution is -0.113. The van der Waals surface area contributed by atoms with Gasteiger partial charge >= 0.3 is 23.9 Å². The zero-order chi connectivity index (χ0) is 69.3. The number of carbonyl (C=O) groups is 8. The van der Waals surface area contributed by atoms with Gasteiger partial charge in [-0.3, -0.25) is 19.2 Å². The van der Waals surface area contributed by atoms with Crippen LogP contribution in [0.1, 0.15) is 128 Å². The highest BCUT2D eigenvalue weighted by Gasteiger charge is 2.16. The summed E-state index contributed by atoms with van der Waals surface area (Å²) in [6, 6.07) is 45.1. The number of nitrogens with one attached hydrogen (secondary N) is 4. The zero-order valence-corrected chi connectivity index (χ0v) is 54.1. The molecule has 0 spiro atoms. The number of carboxylic acid groups (broad SMARTS) is 4. The summed E-state index contributed by atoms with van der Waals surface area (Å²) < 4.78 is 5.26. The Morgan fingerprint density at radius 1 is 0.426 bits per heavy atom. The summed E-state index contributed by atoms with van der Waals surface area (Å²) in [6.45, 7) is 19.2. The van der Waals surface area contributed by atoms with E-state index in [-0.39, 0.29) is 69.3 Å². The number of hydrogen-bond acceptors (Lipinski definition) is 10. The first kappa shape index (κ1) is 73.0. The molecule has 18 nitrogen and oxygen atoms in total. The summed E-state index contributed by atoms with van der Waals surface area (Å²) in [5.74, 6) is -5.21. The van der Waals surface area contributed by atoms with Crippen molar-refractivity contribution in [3.05, 3.63) is 276 Å². The third-order valence-corrected chi connectivity index (χ3v) is 14.7. The van der Waals surface area contributed by atoms with Crippen LogP contribution in [0.5, 0.6) is 5.75 Å². The lowest BCUT2D eigenvalue weighted by Crippen LogP contribution is -2.15. The fourth-order valence-corrected chi connectivity index (χ4v) is 8.91. The van der Waals surface area contributed by atoms with Gasteiger partial charge < -0.3 is 51.5 Å². The maximum atomic E-state index is 12.3. The molecule has 0 saturated heterocycles. The molecule has 8 aromatic rings. The fourth-order valence-electron chi connectivity index (χ4n) is 8.91. The average molecular weight is 1270 g/mol.